The topological polar surface area (TPSA) is 176 Å². The van der Waals surface area contributed by atoms with Crippen molar-refractivity contribution in [2.75, 3.05) is 26.6 Å². The first-order chi connectivity index (χ1) is 28.5. The van der Waals surface area contributed by atoms with Crippen LogP contribution in [0.4, 0.5) is 0 Å². The van der Waals surface area contributed by atoms with E-state index in [-0.39, 0.29) is 13.3 Å². The van der Waals surface area contributed by atoms with Crippen LogP contribution in [0.3, 0.4) is 0 Å². The molecule has 5 rings (SSSR count). The highest BCUT2D eigenvalue weighted by molar-refractivity contribution is 14.1. The monoisotopic (exact) mass is 954 g/mol. The van der Waals surface area contributed by atoms with E-state index in [4.69, 9.17) is 23.7 Å². The summed E-state index contributed by atoms with van der Waals surface area (Å²) in [5.74, 6) is -0.395. The van der Waals surface area contributed by atoms with E-state index in [0.717, 1.165) is 44.6 Å². The van der Waals surface area contributed by atoms with Crippen LogP contribution in [0, 0.1) is 0 Å². The van der Waals surface area contributed by atoms with Crippen LogP contribution >= 0.6 is 22.6 Å². The van der Waals surface area contributed by atoms with E-state index in [1.54, 1.807) is 0 Å². The van der Waals surface area contributed by atoms with Gasteiger partial charge in [-0.15, -0.1) is 0 Å². The molecule has 59 heavy (non-hydrogen) atoms. The fraction of sp³-hybridized carbons (Fsp3) is 0.935. The highest BCUT2D eigenvalue weighted by Gasteiger charge is 2.58. The smallest absolute Gasteiger partial charge is 0.245 e. The second kappa shape index (κ2) is 29.1. The number of aliphatic hydroxyl groups is 5. The normalized spacial score (nSPS) is 37.7. The van der Waals surface area contributed by atoms with Gasteiger partial charge >= 0.3 is 0 Å². The number of ether oxygens (including phenoxy) is 5. The van der Waals surface area contributed by atoms with E-state index < -0.39 is 82.6 Å². The average Bonchev–Trinajstić information content (AvgIpc) is 3.24. The minimum absolute atomic E-state index is 0.0577. The number of halogens is 1. The second-order valence-corrected chi connectivity index (χ2v) is 19.7. The highest BCUT2D eigenvalue weighted by Crippen LogP contribution is 2.44. The number of aliphatic hydroxyl groups excluding tert-OH is 5. The van der Waals surface area contributed by atoms with Crippen molar-refractivity contribution in [2.24, 2.45) is 0 Å². The Labute approximate surface area is 370 Å². The lowest BCUT2D eigenvalue weighted by atomic mass is 9.79. The first-order valence-corrected chi connectivity index (χ1v) is 24.7. The van der Waals surface area contributed by atoms with Crippen LogP contribution in [0.2, 0.25) is 0 Å². The summed E-state index contributed by atoms with van der Waals surface area (Å²) in [5.41, 5.74) is -1.27. The quantitative estimate of drug-likeness (QED) is 0.0425. The minimum atomic E-state index is -1.43. The van der Waals surface area contributed by atoms with Gasteiger partial charge in [0.1, 0.15) is 67.8 Å². The zero-order valence-corrected chi connectivity index (χ0v) is 39.1. The number of hydrogen-bond acceptors (Lipinski definition) is 11. The number of carbonyl (C=O) groups is 1. The lowest BCUT2D eigenvalue weighted by molar-refractivity contribution is -0.323. The van der Waals surface area contributed by atoms with Crippen LogP contribution in [0.1, 0.15) is 175 Å². The molecule has 5 aliphatic heterocycles. The number of hydrogen-bond donors (Lipinski definition) is 6. The third kappa shape index (κ3) is 16.6. The van der Waals surface area contributed by atoms with E-state index in [9.17, 15) is 30.3 Å². The van der Waals surface area contributed by atoms with Crippen molar-refractivity contribution in [3.8, 4) is 0 Å². The minimum Gasteiger partial charge on any atom is -0.394 e. The molecule has 0 radical (unpaired) electrons. The Bertz CT molecular complexity index is 1140. The van der Waals surface area contributed by atoms with Gasteiger partial charge in [0.15, 0.2) is 0 Å². The van der Waals surface area contributed by atoms with Gasteiger partial charge in [-0.2, -0.15) is 0 Å². The summed E-state index contributed by atoms with van der Waals surface area (Å²) >= 11 is 2.39. The molecule has 0 aliphatic carbocycles. The van der Waals surface area contributed by atoms with Crippen LogP contribution in [0.25, 0.3) is 0 Å². The molecule has 13 heteroatoms. The molecule has 0 aromatic rings. The van der Waals surface area contributed by atoms with E-state index in [1.807, 2.05) is 13.8 Å². The van der Waals surface area contributed by atoms with Gasteiger partial charge in [-0.25, -0.2) is 0 Å². The summed E-state index contributed by atoms with van der Waals surface area (Å²) in [6.45, 7) is 9.15. The van der Waals surface area contributed by atoms with Crippen molar-refractivity contribution in [3.63, 3.8) is 0 Å². The molecule has 12 nitrogen and oxygen atoms in total. The zero-order chi connectivity index (χ0) is 43.1. The molecule has 12 unspecified atom stereocenters. The van der Waals surface area contributed by atoms with Gasteiger partial charge in [0, 0.05) is 6.61 Å². The molecular weight excluding hydrogens is 869 g/mol. The maximum absolute atomic E-state index is 11.9. The molecule has 346 valence electrons. The molecule has 5 saturated heterocycles. The van der Waals surface area contributed by atoms with Crippen LogP contribution in [-0.4, -0.2) is 128 Å². The molecule has 6 N–H and O–H groups in total. The summed E-state index contributed by atoms with van der Waals surface area (Å²) in [7, 11) is 0. The zero-order valence-electron chi connectivity index (χ0n) is 36.9. The van der Waals surface area contributed by atoms with Crippen LogP contribution in [-0.2, 0) is 28.5 Å². The van der Waals surface area contributed by atoms with Gasteiger partial charge in [-0.05, 0) is 38.2 Å². The summed E-state index contributed by atoms with van der Waals surface area (Å²) in [4.78, 5) is 11.8. The van der Waals surface area contributed by atoms with Crippen molar-refractivity contribution >= 4 is 28.5 Å². The number of nitrogens with one attached hydrogen (secondary N) is 1. The van der Waals surface area contributed by atoms with Gasteiger partial charge in [0.2, 0.25) is 5.91 Å². The van der Waals surface area contributed by atoms with E-state index in [0.29, 0.717) is 32.3 Å². The maximum atomic E-state index is 11.9. The third-order valence-corrected chi connectivity index (χ3v) is 15.1. The second-order valence-electron chi connectivity index (χ2n) is 17.5. The first kappa shape index (κ1) is 52.9. The Hall–Kier alpha value is -0.460. The highest BCUT2D eigenvalue weighted by atomic mass is 127. The molecule has 5 fully saturated rings. The van der Waals surface area contributed by atoms with Crippen molar-refractivity contribution in [1.29, 1.82) is 0 Å². The molecule has 0 saturated carbocycles. The lowest BCUT2D eigenvalue weighted by Crippen LogP contribution is -2.70. The maximum Gasteiger partial charge on any atom is 0.245 e. The van der Waals surface area contributed by atoms with Crippen molar-refractivity contribution in [2.45, 2.75) is 245 Å². The van der Waals surface area contributed by atoms with Crippen molar-refractivity contribution in [3.05, 3.63) is 12.7 Å². The van der Waals surface area contributed by atoms with E-state index in [1.165, 1.54) is 89.9 Å². The van der Waals surface area contributed by atoms with Gasteiger partial charge in [-0.3, -0.25) is 4.79 Å². The van der Waals surface area contributed by atoms with Crippen LogP contribution in [0.5, 0.6) is 0 Å². The number of alkyl halides is 1. The number of amides is 1. The van der Waals surface area contributed by atoms with Crippen LogP contribution < -0.4 is 5.32 Å². The largest absolute Gasteiger partial charge is 0.394 e. The summed E-state index contributed by atoms with van der Waals surface area (Å²) in [6, 6.07) is 0. The SMILES string of the molecule is C=CC(=O)NCOCC1OC2C(O)C(O)C1OCCCCCCCCCCCCCCCCCCCCCC(I)(CC)C1OC(CO)C(OC2(CC)CCC)C(O)C1O. The fourth-order valence-corrected chi connectivity index (χ4v) is 10.3. The summed E-state index contributed by atoms with van der Waals surface area (Å²) in [6.07, 6.45) is 15.7. The number of rotatable bonds is 10. The third-order valence-electron chi connectivity index (χ3n) is 13.2. The molecule has 5 aliphatic rings. The Morgan fingerprint density at radius 2 is 1.20 bits per heavy atom. The Kier molecular flexibility index (Phi) is 26.1. The molecule has 0 aromatic heterocycles. The molecule has 4 bridgehead atoms. The number of fused-ring (bicyclic) bond motifs is 2. The average molecular weight is 954 g/mol. The predicted molar refractivity (Wildman–Crippen MR) is 240 cm³/mol. The molecule has 0 spiro atoms. The first-order valence-electron chi connectivity index (χ1n) is 23.6. The number of carbonyl (C=O) groups excluding carboxylic acids is 1. The molecule has 1 amide bonds. The Morgan fingerprint density at radius 3 is 1.69 bits per heavy atom. The molecule has 0 aromatic carbocycles. The Morgan fingerprint density at radius 1 is 0.712 bits per heavy atom. The van der Waals surface area contributed by atoms with E-state index >= 15 is 0 Å². The van der Waals surface area contributed by atoms with Crippen LogP contribution in [0.15, 0.2) is 12.7 Å². The van der Waals surface area contributed by atoms with Gasteiger partial charge < -0.3 is 54.5 Å². The van der Waals surface area contributed by atoms with Gasteiger partial charge in [0.05, 0.1) is 22.2 Å². The van der Waals surface area contributed by atoms with Crippen molar-refractivity contribution < 1.29 is 54.0 Å². The molecular formula is C46H84INO11. The fourth-order valence-electron chi connectivity index (χ4n) is 9.43. The van der Waals surface area contributed by atoms with Gasteiger partial charge in [-0.1, -0.05) is 172 Å². The van der Waals surface area contributed by atoms with Gasteiger partial charge in [0.25, 0.3) is 0 Å². The lowest BCUT2D eigenvalue weighted by Gasteiger charge is -2.54. The van der Waals surface area contributed by atoms with Crippen molar-refractivity contribution in [1.82, 2.24) is 5.32 Å². The Balaban J connectivity index is 1.84. The molecule has 5 heterocycles. The predicted octanol–water partition coefficient (Wildman–Crippen LogP) is 7.35. The molecule has 12 atom stereocenters. The van der Waals surface area contributed by atoms with E-state index in [2.05, 4.69) is 41.4 Å². The summed E-state index contributed by atoms with van der Waals surface area (Å²) in [5, 5.41) is 60.5. The standard InChI is InChI=1S/C46H84INO11/c1-5-28-46(8-4)44-40(54)37(51)41(35(58-44)32-55-33-48-36(50)6-2)56-30-27-25-23-21-19-17-15-13-11-9-10-12-14-16-18-20-22-24-26-29-45(47,7-3)43-39(53)38(52)42(59-46)34(31-49)57-43/h6,34-35,37-44,49,51-54H,2,5,7-33H2,1,3-4H3,(H,48,50). The summed E-state index contributed by atoms with van der Waals surface area (Å²) < 4.78 is 31.6.